The molecule has 1 aromatic heterocycles. The summed E-state index contributed by atoms with van der Waals surface area (Å²) in [5.41, 5.74) is 0. The predicted octanol–water partition coefficient (Wildman–Crippen LogP) is -0.251. The van der Waals surface area contributed by atoms with Crippen LogP contribution in [0.25, 0.3) is 0 Å². The lowest BCUT2D eigenvalue weighted by molar-refractivity contribution is 0.203. The Morgan fingerprint density at radius 3 is 2.60 bits per heavy atom. The number of aliphatic imine (C=N–C) groups is 1. The van der Waals surface area contributed by atoms with Gasteiger partial charge in [-0.2, -0.15) is 4.98 Å². The minimum Gasteiger partial charge on any atom is -0.383 e. The highest BCUT2D eigenvalue weighted by Crippen LogP contribution is 1.95. The van der Waals surface area contributed by atoms with Gasteiger partial charge in [-0.15, -0.1) is 0 Å². The fourth-order valence-electron chi connectivity index (χ4n) is 1.42. The van der Waals surface area contributed by atoms with Gasteiger partial charge in [0.1, 0.15) is 0 Å². The van der Waals surface area contributed by atoms with Crippen LogP contribution in [0.2, 0.25) is 0 Å². The first-order valence-corrected chi connectivity index (χ1v) is 6.55. The summed E-state index contributed by atoms with van der Waals surface area (Å²) in [6.45, 7) is 4.94. The number of guanidine groups is 1. The Kier molecular flexibility index (Phi) is 8.32. The van der Waals surface area contributed by atoms with Crippen molar-refractivity contribution in [2.24, 2.45) is 4.99 Å². The molecule has 0 spiro atoms. The molecule has 0 radical (unpaired) electrons. The van der Waals surface area contributed by atoms with Crippen molar-refractivity contribution in [2.45, 2.75) is 13.3 Å². The number of hydrogen-bond donors (Lipinski definition) is 2. The van der Waals surface area contributed by atoms with Crippen LogP contribution in [0.4, 0.5) is 0 Å². The standard InChI is InChI=1S/C12H23N5O3/c1-10-16-11(20-17-10)4-5-13-12(14-6-8-18-2)15-7-9-19-3/h4-9H2,1-3H3,(H2,13,14,15). The normalized spacial score (nSPS) is 11.7. The van der Waals surface area contributed by atoms with Gasteiger partial charge < -0.3 is 24.6 Å². The Morgan fingerprint density at radius 1 is 1.20 bits per heavy atom. The zero-order valence-electron chi connectivity index (χ0n) is 12.3. The average Bonchev–Trinajstić information content (AvgIpc) is 2.84. The van der Waals surface area contributed by atoms with Gasteiger partial charge in [0, 0.05) is 33.7 Å². The highest BCUT2D eigenvalue weighted by molar-refractivity contribution is 5.79. The summed E-state index contributed by atoms with van der Waals surface area (Å²) in [7, 11) is 3.31. The Labute approximate surface area is 118 Å². The van der Waals surface area contributed by atoms with Crippen LogP contribution in [0.1, 0.15) is 11.7 Å². The molecule has 1 heterocycles. The number of aromatic nitrogens is 2. The zero-order valence-corrected chi connectivity index (χ0v) is 12.3. The van der Waals surface area contributed by atoms with E-state index in [9.17, 15) is 0 Å². The molecule has 0 saturated heterocycles. The molecule has 2 N–H and O–H groups in total. The van der Waals surface area contributed by atoms with E-state index in [1.807, 2.05) is 0 Å². The van der Waals surface area contributed by atoms with Crippen LogP contribution in [0, 0.1) is 6.92 Å². The van der Waals surface area contributed by atoms with Gasteiger partial charge in [-0.05, 0) is 6.92 Å². The number of aryl methyl sites for hydroxylation is 1. The van der Waals surface area contributed by atoms with Crippen LogP contribution in [0.5, 0.6) is 0 Å². The van der Waals surface area contributed by atoms with Crippen molar-refractivity contribution in [3.8, 4) is 0 Å². The van der Waals surface area contributed by atoms with Gasteiger partial charge in [-0.25, -0.2) is 0 Å². The number of ether oxygens (including phenoxy) is 2. The minimum absolute atomic E-state index is 0.583. The van der Waals surface area contributed by atoms with Gasteiger partial charge in [0.15, 0.2) is 11.8 Å². The van der Waals surface area contributed by atoms with Crippen molar-refractivity contribution < 1.29 is 14.0 Å². The largest absolute Gasteiger partial charge is 0.383 e. The lowest BCUT2D eigenvalue weighted by atomic mass is 10.4. The summed E-state index contributed by atoms with van der Waals surface area (Å²) in [4.78, 5) is 8.51. The molecule has 0 aromatic carbocycles. The molecule has 0 saturated carbocycles. The Bertz CT molecular complexity index is 394. The summed E-state index contributed by atoms with van der Waals surface area (Å²) < 4.78 is 15.0. The molecule has 0 aliphatic rings. The second kappa shape index (κ2) is 10.2. The van der Waals surface area contributed by atoms with Crippen molar-refractivity contribution >= 4 is 5.96 Å². The van der Waals surface area contributed by atoms with Crippen LogP contribution in [0.3, 0.4) is 0 Å². The SMILES string of the molecule is COCCN=C(NCCOC)NCCc1nc(C)no1. The van der Waals surface area contributed by atoms with E-state index in [-0.39, 0.29) is 0 Å². The number of nitrogens with one attached hydrogen (secondary N) is 2. The van der Waals surface area contributed by atoms with Gasteiger partial charge in [0.05, 0.1) is 19.8 Å². The number of rotatable bonds is 9. The molecule has 20 heavy (non-hydrogen) atoms. The maximum absolute atomic E-state index is 5.04. The maximum Gasteiger partial charge on any atom is 0.228 e. The molecule has 114 valence electrons. The Balaban J connectivity index is 2.32. The van der Waals surface area contributed by atoms with Crippen molar-refractivity contribution in [2.75, 3.05) is 47.1 Å². The van der Waals surface area contributed by atoms with Gasteiger partial charge in [0.25, 0.3) is 0 Å². The van der Waals surface area contributed by atoms with Gasteiger partial charge in [-0.1, -0.05) is 5.16 Å². The molecule has 0 aliphatic carbocycles. The fourth-order valence-corrected chi connectivity index (χ4v) is 1.42. The van der Waals surface area contributed by atoms with Crippen LogP contribution in [0.15, 0.2) is 9.52 Å². The Hall–Kier alpha value is -1.67. The van der Waals surface area contributed by atoms with Crippen LogP contribution < -0.4 is 10.6 Å². The van der Waals surface area contributed by atoms with Gasteiger partial charge in [-0.3, -0.25) is 4.99 Å². The molecule has 0 amide bonds. The van der Waals surface area contributed by atoms with E-state index in [4.69, 9.17) is 14.0 Å². The van der Waals surface area contributed by atoms with E-state index in [0.29, 0.717) is 51.0 Å². The topological polar surface area (TPSA) is 93.8 Å². The summed E-state index contributed by atoms with van der Waals surface area (Å²) in [6, 6.07) is 0. The summed E-state index contributed by atoms with van der Waals surface area (Å²) in [5.74, 6) is 1.98. The minimum atomic E-state index is 0.583. The number of nitrogens with zero attached hydrogens (tertiary/aromatic N) is 3. The van der Waals surface area contributed by atoms with E-state index in [2.05, 4.69) is 25.8 Å². The Morgan fingerprint density at radius 2 is 1.95 bits per heavy atom. The highest BCUT2D eigenvalue weighted by Gasteiger charge is 2.03. The van der Waals surface area contributed by atoms with Crippen LogP contribution in [-0.2, 0) is 15.9 Å². The molecule has 8 nitrogen and oxygen atoms in total. The average molecular weight is 285 g/mol. The number of methoxy groups -OCH3 is 2. The second-order valence-corrected chi connectivity index (χ2v) is 4.05. The molecule has 1 rings (SSSR count). The third-order valence-electron chi connectivity index (χ3n) is 2.36. The van der Waals surface area contributed by atoms with Gasteiger partial charge >= 0.3 is 0 Å². The predicted molar refractivity (Wildman–Crippen MR) is 74.8 cm³/mol. The lowest BCUT2D eigenvalue weighted by Crippen LogP contribution is -2.40. The summed E-state index contributed by atoms with van der Waals surface area (Å²) in [5, 5.41) is 10.1. The molecular formula is C12H23N5O3. The molecular weight excluding hydrogens is 262 g/mol. The van der Waals surface area contributed by atoms with E-state index in [1.165, 1.54) is 0 Å². The first-order chi connectivity index (χ1) is 9.76. The maximum atomic E-state index is 5.04. The van der Waals surface area contributed by atoms with Gasteiger partial charge in [0.2, 0.25) is 5.89 Å². The van der Waals surface area contributed by atoms with Crippen molar-refractivity contribution in [3.63, 3.8) is 0 Å². The first-order valence-electron chi connectivity index (χ1n) is 6.55. The van der Waals surface area contributed by atoms with E-state index in [0.717, 1.165) is 5.96 Å². The fraction of sp³-hybridized carbons (Fsp3) is 0.750. The molecule has 1 aromatic rings. The van der Waals surface area contributed by atoms with Crippen molar-refractivity contribution in [1.29, 1.82) is 0 Å². The van der Waals surface area contributed by atoms with Crippen LogP contribution in [-0.4, -0.2) is 63.2 Å². The third kappa shape index (κ3) is 7.05. The van der Waals surface area contributed by atoms with Crippen molar-refractivity contribution in [3.05, 3.63) is 11.7 Å². The molecule has 0 aliphatic heterocycles. The van der Waals surface area contributed by atoms with E-state index < -0.39 is 0 Å². The molecule has 0 fully saturated rings. The molecule has 0 bridgehead atoms. The summed E-state index contributed by atoms with van der Waals surface area (Å²) in [6.07, 6.45) is 0.649. The number of hydrogen-bond acceptors (Lipinski definition) is 6. The van der Waals surface area contributed by atoms with E-state index in [1.54, 1.807) is 21.1 Å². The zero-order chi connectivity index (χ0) is 14.6. The highest BCUT2D eigenvalue weighted by atomic mass is 16.5. The summed E-state index contributed by atoms with van der Waals surface area (Å²) >= 11 is 0. The van der Waals surface area contributed by atoms with Crippen LogP contribution >= 0.6 is 0 Å². The first kappa shape index (κ1) is 16.4. The molecule has 0 unspecified atom stereocenters. The van der Waals surface area contributed by atoms with Crippen molar-refractivity contribution in [1.82, 2.24) is 20.8 Å². The monoisotopic (exact) mass is 285 g/mol. The molecule has 0 atom stereocenters. The smallest absolute Gasteiger partial charge is 0.228 e. The molecule has 8 heteroatoms. The van der Waals surface area contributed by atoms with E-state index >= 15 is 0 Å². The third-order valence-corrected chi connectivity index (χ3v) is 2.36. The quantitative estimate of drug-likeness (QED) is 0.367. The second-order valence-electron chi connectivity index (χ2n) is 4.05. The lowest BCUT2D eigenvalue weighted by Gasteiger charge is -2.11.